The van der Waals surface area contributed by atoms with E-state index in [4.69, 9.17) is 16.3 Å². The summed E-state index contributed by atoms with van der Waals surface area (Å²) in [7, 11) is 0. The van der Waals surface area contributed by atoms with Gasteiger partial charge in [0.2, 0.25) is 5.91 Å². The molecule has 2 heterocycles. The lowest BCUT2D eigenvalue weighted by atomic mass is 9.97. The van der Waals surface area contributed by atoms with E-state index < -0.39 is 0 Å². The summed E-state index contributed by atoms with van der Waals surface area (Å²) in [6.45, 7) is 1.98. The molecule has 5 rings (SSSR count). The Morgan fingerprint density at radius 1 is 1.20 bits per heavy atom. The van der Waals surface area contributed by atoms with Crippen molar-refractivity contribution in [1.82, 2.24) is 9.97 Å². The van der Waals surface area contributed by atoms with Gasteiger partial charge < -0.3 is 10.1 Å². The van der Waals surface area contributed by atoms with Crippen LogP contribution in [-0.2, 0) is 4.79 Å². The number of halogens is 2. The van der Waals surface area contributed by atoms with E-state index in [1.165, 1.54) is 18.3 Å². The molecule has 2 fully saturated rings. The Balaban J connectivity index is 1.20. The second kappa shape index (κ2) is 7.51. The number of nitrogens with one attached hydrogen (secondary N) is 1. The summed E-state index contributed by atoms with van der Waals surface area (Å²) in [6.07, 6.45) is 5.10. The summed E-state index contributed by atoms with van der Waals surface area (Å²) in [5.41, 5.74) is 0.719. The molecule has 0 saturated heterocycles. The van der Waals surface area contributed by atoms with Crippen molar-refractivity contribution >= 4 is 34.2 Å². The van der Waals surface area contributed by atoms with Crippen molar-refractivity contribution in [3.8, 4) is 5.75 Å². The first-order chi connectivity index (χ1) is 14.5. The number of ether oxygens (including phenoxy) is 1. The molecule has 2 saturated carbocycles. The molecule has 1 N–H and O–H groups in total. The van der Waals surface area contributed by atoms with Crippen LogP contribution in [0.25, 0.3) is 10.9 Å². The zero-order chi connectivity index (χ0) is 20.8. The molecule has 0 radical (unpaired) electrons. The van der Waals surface area contributed by atoms with Gasteiger partial charge in [-0.3, -0.25) is 9.78 Å². The van der Waals surface area contributed by atoms with Gasteiger partial charge >= 0.3 is 0 Å². The average molecular weight is 426 g/mol. The van der Waals surface area contributed by atoms with Crippen molar-refractivity contribution in [2.75, 3.05) is 5.32 Å². The second-order valence-corrected chi connectivity index (χ2v) is 8.66. The Labute approximate surface area is 178 Å². The summed E-state index contributed by atoms with van der Waals surface area (Å²) in [5, 5.41) is 4.10. The molecular weight excluding hydrogens is 405 g/mol. The van der Waals surface area contributed by atoms with Crippen molar-refractivity contribution in [3.05, 3.63) is 59.6 Å². The van der Waals surface area contributed by atoms with Crippen molar-refractivity contribution < 1.29 is 13.9 Å². The van der Waals surface area contributed by atoms with Crippen LogP contribution in [0.1, 0.15) is 19.8 Å². The predicted molar refractivity (Wildman–Crippen MR) is 113 cm³/mol. The Morgan fingerprint density at radius 2 is 2.00 bits per heavy atom. The van der Waals surface area contributed by atoms with Crippen LogP contribution in [0.3, 0.4) is 0 Å². The molecule has 5 atom stereocenters. The van der Waals surface area contributed by atoms with E-state index in [0.29, 0.717) is 39.7 Å². The highest BCUT2D eigenvalue weighted by Crippen LogP contribution is 2.61. The maximum Gasteiger partial charge on any atom is 0.228 e. The number of amides is 1. The van der Waals surface area contributed by atoms with Crippen LogP contribution in [-0.4, -0.2) is 22.0 Å². The zero-order valence-electron chi connectivity index (χ0n) is 16.4. The molecule has 7 heteroatoms. The number of hydrogen-bond acceptors (Lipinski definition) is 4. The molecule has 3 aromatic rings. The summed E-state index contributed by atoms with van der Waals surface area (Å²) in [5.74, 6) is 2.11. The normalized spacial score (nSPS) is 25.6. The van der Waals surface area contributed by atoms with Crippen molar-refractivity contribution in [3.63, 3.8) is 0 Å². The molecule has 0 aliphatic heterocycles. The van der Waals surface area contributed by atoms with Gasteiger partial charge in [0.1, 0.15) is 17.4 Å². The van der Waals surface area contributed by atoms with Crippen LogP contribution in [0, 0.1) is 29.5 Å². The van der Waals surface area contributed by atoms with Crippen LogP contribution in [0.4, 0.5) is 10.2 Å². The van der Waals surface area contributed by atoms with Gasteiger partial charge in [0, 0.05) is 23.7 Å². The average Bonchev–Trinajstić information content (AvgIpc) is 3.24. The molecule has 5 nitrogen and oxygen atoms in total. The molecule has 2 aliphatic carbocycles. The summed E-state index contributed by atoms with van der Waals surface area (Å²) in [6, 6.07) is 9.73. The predicted octanol–water partition coefficient (Wildman–Crippen LogP) is 5.10. The monoisotopic (exact) mass is 425 g/mol. The minimum atomic E-state index is -0.301. The molecule has 0 bridgehead atoms. The van der Waals surface area contributed by atoms with Crippen LogP contribution >= 0.6 is 11.6 Å². The SMILES string of the molecule is CC(C(=O)Nc1ccc(Cl)cn1)[C@H]1[C@@H]2C[C@@H](Oc3ccnc4ccc(F)cc34)C[C@@H]21. The third kappa shape index (κ3) is 3.60. The number of carbonyl (C=O) groups excluding carboxylic acids is 1. The third-order valence-electron chi connectivity index (χ3n) is 6.39. The molecule has 2 aromatic heterocycles. The lowest BCUT2D eigenvalue weighted by Gasteiger charge is -2.20. The minimum Gasteiger partial charge on any atom is -0.490 e. The highest BCUT2D eigenvalue weighted by molar-refractivity contribution is 6.30. The fraction of sp³-hybridized carbons (Fsp3) is 0.348. The standard InChI is InChI=1S/C23H21ClFN3O2/c1-12(23(29)28-21-5-2-13(24)11-27-21)22-16-9-15(10-17(16)22)30-20-6-7-26-19-4-3-14(25)8-18(19)20/h2-8,11-12,15-17,22H,9-10H2,1H3,(H,27,28,29)/t12?,15-,16-,17+,22+. The van der Waals surface area contributed by atoms with Gasteiger partial charge in [0.25, 0.3) is 0 Å². The maximum atomic E-state index is 13.7. The van der Waals surface area contributed by atoms with Crippen molar-refractivity contribution in [2.24, 2.45) is 23.7 Å². The van der Waals surface area contributed by atoms with E-state index in [-0.39, 0.29) is 23.7 Å². The van der Waals surface area contributed by atoms with Gasteiger partial charge in [0.05, 0.1) is 16.6 Å². The quantitative estimate of drug-likeness (QED) is 0.617. The fourth-order valence-corrected chi connectivity index (χ4v) is 5.03. The topological polar surface area (TPSA) is 64.1 Å². The van der Waals surface area contributed by atoms with Crippen molar-refractivity contribution in [1.29, 1.82) is 0 Å². The highest BCUT2D eigenvalue weighted by Gasteiger charge is 2.59. The summed E-state index contributed by atoms with van der Waals surface area (Å²) < 4.78 is 19.9. The number of rotatable bonds is 5. The van der Waals surface area contributed by atoms with Crippen LogP contribution in [0.5, 0.6) is 5.75 Å². The maximum absolute atomic E-state index is 13.7. The number of aromatic nitrogens is 2. The number of hydrogen-bond donors (Lipinski definition) is 1. The van der Waals surface area contributed by atoms with Gasteiger partial charge in [-0.15, -0.1) is 0 Å². The number of pyridine rings is 2. The smallest absolute Gasteiger partial charge is 0.228 e. The molecule has 1 unspecified atom stereocenters. The first-order valence-electron chi connectivity index (χ1n) is 10.1. The lowest BCUT2D eigenvalue weighted by Crippen LogP contribution is -2.26. The number of nitrogens with zero attached hydrogens (tertiary/aromatic N) is 2. The molecule has 0 spiro atoms. The Bertz CT molecular complexity index is 1100. The van der Waals surface area contributed by atoms with Gasteiger partial charge in [-0.05, 0) is 67.0 Å². The fourth-order valence-electron chi connectivity index (χ4n) is 4.92. The van der Waals surface area contributed by atoms with Crippen LogP contribution < -0.4 is 10.1 Å². The molecule has 1 aromatic carbocycles. The van der Waals surface area contributed by atoms with Crippen LogP contribution in [0.2, 0.25) is 5.02 Å². The van der Waals surface area contributed by atoms with Gasteiger partial charge in [-0.25, -0.2) is 9.37 Å². The Hall–Kier alpha value is -2.73. The number of benzene rings is 1. The van der Waals surface area contributed by atoms with Gasteiger partial charge in [-0.1, -0.05) is 18.5 Å². The van der Waals surface area contributed by atoms with E-state index in [0.717, 1.165) is 18.4 Å². The van der Waals surface area contributed by atoms with E-state index in [1.807, 2.05) is 6.92 Å². The molecule has 2 aliphatic rings. The molecular formula is C23H21ClFN3O2. The minimum absolute atomic E-state index is 0.0164. The number of anilines is 1. The first kappa shape index (κ1) is 19.2. The molecule has 154 valence electrons. The Morgan fingerprint density at radius 3 is 2.73 bits per heavy atom. The first-order valence-corrected chi connectivity index (χ1v) is 10.5. The Kier molecular flexibility index (Phi) is 4.82. The van der Waals surface area contributed by atoms with Crippen LogP contribution in [0.15, 0.2) is 48.8 Å². The summed E-state index contributed by atoms with van der Waals surface area (Å²) in [4.78, 5) is 21.0. The van der Waals surface area contributed by atoms with Gasteiger partial charge in [-0.2, -0.15) is 0 Å². The molecule has 1 amide bonds. The number of carbonyl (C=O) groups is 1. The lowest BCUT2D eigenvalue weighted by molar-refractivity contribution is -0.120. The molecule has 30 heavy (non-hydrogen) atoms. The largest absolute Gasteiger partial charge is 0.490 e. The summed E-state index contributed by atoms with van der Waals surface area (Å²) >= 11 is 5.84. The van der Waals surface area contributed by atoms with Crippen molar-refractivity contribution in [2.45, 2.75) is 25.9 Å². The highest BCUT2D eigenvalue weighted by atomic mass is 35.5. The zero-order valence-corrected chi connectivity index (χ0v) is 17.1. The second-order valence-electron chi connectivity index (χ2n) is 8.23. The third-order valence-corrected chi connectivity index (χ3v) is 6.62. The van der Waals surface area contributed by atoms with Gasteiger partial charge in [0.15, 0.2) is 0 Å². The van der Waals surface area contributed by atoms with E-state index in [1.54, 1.807) is 30.5 Å². The number of fused-ring (bicyclic) bond motifs is 2. The van der Waals surface area contributed by atoms with E-state index in [9.17, 15) is 9.18 Å². The van der Waals surface area contributed by atoms with E-state index in [2.05, 4.69) is 15.3 Å². The van der Waals surface area contributed by atoms with E-state index >= 15 is 0 Å².